The highest BCUT2D eigenvalue weighted by Crippen LogP contribution is 2.25. The van der Waals surface area contributed by atoms with Crippen LogP contribution in [0.2, 0.25) is 0 Å². The highest BCUT2D eigenvalue weighted by Gasteiger charge is 2.29. The lowest BCUT2D eigenvalue weighted by molar-refractivity contribution is -0.136. The van der Waals surface area contributed by atoms with Crippen LogP contribution in [0.25, 0.3) is 0 Å². The Hall–Kier alpha value is -2.03. The quantitative estimate of drug-likeness (QED) is 0.686. The Morgan fingerprint density at radius 1 is 1.16 bits per heavy atom. The Morgan fingerprint density at radius 3 is 2.44 bits per heavy atom. The molecule has 0 aliphatic carbocycles. The van der Waals surface area contributed by atoms with Crippen molar-refractivity contribution in [3.05, 3.63) is 63.2 Å². The predicted molar refractivity (Wildman–Crippen MR) is 99.9 cm³/mol. The number of carbonyl (C=O) groups excluding carboxylic acids is 2. The number of hydrogen-bond acceptors (Lipinski definition) is 2. The Morgan fingerprint density at radius 2 is 1.88 bits per heavy atom. The topological polar surface area (TPSA) is 49.4 Å². The van der Waals surface area contributed by atoms with E-state index in [0.717, 1.165) is 15.7 Å². The average molecular weight is 458 g/mol. The number of amides is 2. The molecule has 0 radical (unpaired) electrons. The summed E-state index contributed by atoms with van der Waals surface area (Å²) in [5.41, 5.74) is 0.767. The van der Waals surface area contributed by atoms with E-state index in [0.29, 0.717) is 5.69 Å². The van der Waals surface area contributed by atoms with Gasteiger partial charge in [-0.2, -0.15) is 0 Å². The molecule has 2 amide bonds. The van der Waals surface area contributed by atoms with Crippen molar-refractivity contribution in [3.8, 4) is 0 Å². The molecular formula is C18H17F2IN2O2. The maximum atomic E-state index is 13.6. The van der Waals surface area contributed by atoms with E-state index in [-0.39, 0.29) is 18.0 Å². The molecular weight excluding hydrogens is 441 g/mol. The molecule has 0 saturated heterocycles. The molecule has 0 aliphatic heterocycles. The van der Waals surface area contributed by atoms with Crippen LogP contribution in [0.4, 0.5) is 14.5 Å². The Labute approximate surface area is 158 Å². The normalized spacial score (nSPS) is 11.7. The van der Waals surface area contributed by atoms with Gasteiger partial charge in [0.25, 0.3) is 5.91 Å². The van der Waals surface area contributed by atoms with Gasteiger partial charge in [-0.3, -0.25) is 9.59 Å². The summed E-state index contributed by atoms with van der Waals surface area (Å²) in [6, 6.07) is 9.28. The summed E-state index contributed by atoms with van der Waals surface area (Å²) < 4.78 is 27.8. The molecule has 0 heterocycles. The number of benzene rings is 2. The van der Waals surface area contributed by atoms with Crippen LogP contribution < -0.4 is 5.32 Å². The zero-order chi connectivity index (χ0) is 18.6. The summed E-state index contributed by atoms with van der Waals surface area (Å²) in [6.45, 7) is 3.29. The molecule has 2 aromatic rings. The van der Waals surface area contributed by atoms with Gasteiger partial charge in [-0.25, -0.2) is 8.78 Å². The first kappa shape index (κ1) is 19.3. The van der Waals surface area contributed by atoms with Crippen molar-refractivity contribution in [1.29, 1.82) is 0 Å². The standard InChI is InChI=1S/C18H17F2IN2O2/c1-3-23(11(2)24)17(12-7-8-15(19)16(20)9-12)18(25)22-14-6-4-5-13(21)10-14/h4-10,17H,3H2,1-2H3,(H,22,25). The van der Waals surface area contributed by atoms with E-state index < -0.39 is 23.6 Å². The van der Waals surface area contributed by atoms with Gasteiger partial charge in [-0.1, -0.05) is 12.1 Å². The van der Waals surface area contributed by atoms with E-state index >= 15 is 0 Å². The van der Waals surface area contributed by atoms with Crippen molar-refractivity contribution in [3.63, 3.8) is 0 Å². The molecule has 25 heavy (non-hydrogen) atoms. The van der Waals surface area contributed by atoms with Crippen LogP contribution in [0.5, 0.6) is 0 Å². The molecule has 0 spiro atoms. The van der Waals surface area contributed by atoms with Crippen molar-refractivity contribution in [1.82, 2.24) is 4.90 Å². The number of rotatable bonds is 5. The van der Waals surface area contributed by atoms with Crippen molar-refractivity contribution < 1.29 is 18.4 Å². The van der Waals surface area contributed by atoms with Crippen molar-refractivity contribution in [2.75, 3.05) is 11.9 Å². The first-order chi connectivity index (χ1) is 11.8. The third kappa shape index (κ3) is 4.75. The lowest BCUT2D eigenvalue weighted by atomic mass is 10.0. The van der Waals surface area contributed by atoms with Crippen molar-refractivity contribution in [2.24, 2.45) is 0 Å². The molecule has 0 saturated carbocycles. The second-order valence-electron chi connectivity index (χ2n) is 5.38. The summed E-state index contributed by atoms with van der Waals surface area (Å²) >= 11 is 2.11. The number of nitrogens with zero attached hydrogens (tertiary/aromatic N) is 1. The third-order valence-electron chi connectivity index (χ3n) is 3.66. The van der Waals surface area contributed by atoms with Gasteiger partial charge in [0, 0.05) is 22.7 Å². The van der Waals surface area contributed by atoms with Gasteiger partial charge < -0.3 is 10.2 Å². The maximum Gasteiger partial charge on any atom is 0.251 e. The van der Waals surface area contributed by atoms with Crippen LogP contribution in [0.1, 0.15) is 25.5 Å². The third-order valence-corrected chi connectivity index (χ3v) is 4.33. The summed E-state index contributed by atoms with van der Waals surface area (Å²) in [6.07, 6.45) is 0. The van der Waals surface area contributed by atoms with Gasteiger partial charge in [0.15, 0.2) is 11.6 Å². The molecule has 0 fully saturated rings. The van der Waals surface area contributed by atoms with Gasteiger partial charge >= 0.3 is 0 Å². The van der Waals surface area contributed by atoms with Crippen LogP contribution in [0.15, 0.2) is 42.5 Å². The van der Waals surface area contributed by atoms with Crippen molar-refractivity contribution in [2.45, 2.75) is 19.9 Å². The van der Waals surface area contributed by atoms with Crippen LogP contribution in [0, 0.1) is 15.2 Å². The monoisotopic (exact) mass is 458 g/mol. The Bertz CT molecular complexity index is 798. The number of anilines is 1. The Kier molecular flexibility index (Phi) is 6.46. The SMILES string of the molecule is CCN(C(C)=O)C(C(=O)Nc1cccc(I)c1)c1ccc(F)c(F)c1. The molecule has 1 atom stereocenters. The van der Waals surface area contributed by atoms with Crippen LogP contribution in [0.3, 0.4) is 0 Å². The van der Waals surface area contributed by atoms with Gasteiger partial charge in [-0.15, -0.1) is 0 Å². The minimum atomic E-state index is -1.07. The number of nitrogens with one attached hydrogen (secondary N) is 1. The number of carbonyl (C=O) groups is 2. The fraction of sp³-hybridized carbons (Fsp3) is 0.222. The molecule has 1 N–H and O–H groups in total. The molecule has 0 aromatic heterocycles. The fourth-order valence-corrected chi connectivity index (χ4v) is 3.06. The molecule has 2 aromatic carbocycles. The van der Waals surface area contributed by atoms with E-state index in [1.54, 1.807) is 25.1 Å². The molecule has 1 unspecified atom stereocenters. The molecule has 0 aliphatic rings. The van der Waals surface area contributed by atoms with Gasteiger partial charge in [-0.05, 0) is 65.4 Å². The summed E-state index contributed by atoms with van der Waals surface area (Å²) in [4.78, 5) is 26.0. The van der Waals surface area contributed by atoms with E-state index in [1.807, 2.05) is 6.07 Å². The largest absolute Gasteiger partial charge is 0.327 e. The molecule has 132 valence electrons. The zero-order valence-electron chi connectivity index (χ0n) is 13.7. The minimum Gasteiger partial charge on any atom is -0.327 e. The van der Waals surface area contributed by atoms with Crippen LogP contribution in [-0.4, -0.2) is 23.3 Å². The van der Waals surface area contributed by atoms with E-state index in [9.17, 15) is 18.4 Å². The predicted octanol–water partition coefficient (Wildman–Crippen LogP) is 4.12. The molecule has 7 heteroatoms. The van der Waals surface area contributed by atoms with Crippen LogP contribution in [-0.2, 0) is 9.59 Å². The van der Waals surface area contributed by atoms with E-state index in [4.69, 9.17) is 0 Å². The lowest BCUT2D eigenvalue weighted by Gasteiger charge is -2.29. The smallest absolute Gasteiger partial charge is 0.251 e. The Balaban J connectivity index is 2.41. The van der Waals surface area contributed by atoms with Gasteiger partial charge in [0.2, 0.25) is 5.91 Å². The summed E-state index contributed by atoms with van der Waals surface area (Å²) in [5.74, 6) is -2.91. The van der Waals surface area contributed by atoms with Gasteiger partial charge in [0.1, 0.15) is 6.04 Å². The van der Waals surface area contributed by atoms with E-state index in [1.165, 1.54) is 17.9 Å². The minimum absolute atomic E-state index is 0.207. The molecule has 4 nitrogen and oxygen atoms in total. The molecule has 0 bridgehead atoms. The number of hydrogen-bond donors (Lipinski definition) is 1. The second kappa shape index (κ2) is 8.37. The average Bonchev–Trinajstić information content (AvgIpc) is 2.54. The summed E-state index contributed by atoms with van der Waals surface area (Å²) in [7, 11) is 0. The fourth-order valence-electron chi connectivity index (χ4n) is 2.52. The first-order valence-corrected chi connectivity index (χ1v) is 8.70. The highest BCUT2D eigenvalue weighted by molar-refractivity contribution is 14.1. The number of halogens is 3. The lowest BCUT2D eigenvalue weighted by Crippen LogP contribution is -2.40. The van der Waals surface area contributed by atoms with Crippen LogP contribution >= 0.6 is 22.6 Å². The van der Waals surface area contributed by atoms with Gasteiger partial charge in [0.05, 0.1) is 0 Å². The zero-order valence-corrected chi connectivity index (χ0v) is 15.9. The second-order valence-corrected chi connectivity index (χ2v) is 6.63. The first-order valence-electron chi connectivity index (χ1n) is 7.62. The molecule has 2 rings (SSSR count). The number of likely N-dealkylation sites (N-methyl/N-ethyl adjacent to an activating group) is 1. The highest BCUT2D eigenvalue weighted by atomic mass is 127. The van der Waals surface area contributed by atoms with Crippen molar-refractivity contribution >= 4 is 40.1 Å². The maximum absolute atomic E-state index is 13.6. The summed E-state index contributed by atoms with van der Waals surface area (Å²) in [5, 5.41) is 2.73. The van der Waals surface area contributed by atoms with E-state index in [2.05, 4.69) is 27.9 Å².